The lowest BCUT2D eigenvalue weighted by atomic mass is 10.0. The molecule has 0 saturated carbocycles. The normalized spacial score (nSPS) is 16.6. The van der Waals surface area contributed by atoms with Gasteiger partial charge in [-0.2, -0.15) is 30.7 Å². The zero-order chi connectivity index (χ0) is 12.5. The summed E-state index contributed by atoms with van der Waals surface area (Å²) in [5.74, 6) is -10.3. The number of rotatable bonds is 4. The van der Waals surface area contributed by atoms with Gasteiger partial charge in [0.05, 0.1) is 6.42 Å². The van der Waals surface area contributed by atoms with Crippen molar-refractivity contribution < 1.29 is 35.1 Å². The van der Waals surface area contributed by atoms with Gasteiger partial charge in [0.15, 0.2) is 6.17 Å². The Morgan fingerprint density at radius 1 is 0.933 bits per heavy atom. The minimum atomic E-state index is -5.37. The van der Waals surface area contributed by atoms with E-state index in [0.717, 1.165) is 0 Å². The van der Waals surface area contributed by atoms with Crippen molar-refractivity contribution in [2.45, 2.75) is 37.0 Å². The maximum Gasteiger partial charge on any atom is 0.392 e. The van der Waals surface area contributed by atoms with Crippen LogP contribution in [0.25, 0.3) is 0 Å². The first-order valence-corrected chi connectivity index (χ1v) is 3.70. The van der Waals surface area contributed by atoms with Crippen LogP contribution in [-0.2, 0) is 0 Å². The number of hydrogen-bond acceptors (Lipinski definition) is 0. The van der Waals surface area contributed by atoms with Crippen molar-refractivity contribution in [3.05, 3.63) is 6.92 Å². The Labute approximate surface area is 80.3 Å². The minimum Gasteiger partial charge on any atom is -0.240 e. The summed E-state index contributed by atoms with van der Waals surface area (Å²) >= 11 is 0. The summed E-state index contributed by atoms with van der Waals surface area (Å²) in [6, 6.07) is 0. The van der Waals surface area contributed by atoms with E-state index in [1.165, 1.54) is 0 Å². The second-order valence-electron chi connectivity index (χ2n) is 2.86. The van der Waals surface area contributed by atoms with Gasteiger partial charge in [-0.15, -0.1) is 0 Å². The van der Waals surface area contributed by atoms with E-state index in [1.54, 1.807) is 0 Å². The summed E-state index contributed by atoms with van der Waals surface area (Å²) in [4.78, 5) is 0. The van der Waals surface area contributed by atoms with Crippen molar-refractivity contribution in [2.24, 2.45) is 0 Å². The summed E-state index contributed by atoms with van der Waals surface area (Å²) in [5.41, 5.74) is 0. The largest absolute Gasteiger partial charge is 0.392 e. The predicted molar refractivity (Wildman–Crippen MR) is 35.4 cm³/mol. The Morgan fingerprint density at radius 3 is 1.60 bits per heavy atom. The molecule has 0 aromatic carbocycles. The highest BCUT2D eigenvalue weighted by Crippen LogP contribution is 2.43. The molecule has 0 heterocycles. The Hall–Kier alpha value is -0.560. The topological polar surface area (TPSA) is 0 Å². The molecule has 0 nitrogen and oxygen atoms in total. The molecule has 0 N–H and O–H groups in total. The van der Waals surface area contributed by atoms with Gasteiger partial charge in [0.2, 0.25) is 0 Å². The average Bonchev–Trinajstić information content (AvgIpc) is 2.00. The van der Waals surface area contributed by atoms with E-state index in [-0.39, 0.29) is 0 Å². The molecule has 0 bridgehead atoms. The van der Waals surface area contributed by atoms with Crippen molar-refractivity contribution in [3.63, 3.8) is 0 Å². The molecule has 0 rings (SSSR count). The van der Waals surface area contributed by atoms with Gasteiger partial charge in [-0.25, -0.2) is 4.39 Å². The number of halogens is 8. The highest BCUT2D eigenvalue weighted by molar-refractivity contribution is 4.92. The van der Waals surface area contributed by atoms with Gasteiger partial charge in [-0.05, 0) is 6.92 Å². The molecule has 1 atom stereocenters. The van der Waals surface area contributed by atoms with Crippen LogP contribution in [0.4, 0.5) is 35.1 Å². The van der Waals surface area contributed by atoms with Gasteiger partial charge >= 0.3 is 18.0 Å². The van der Waals surface area contributed by atoms with Crippen LogP contribution in [0.2, 0.25) is 0 Å². The van der Waals surface area contributed by atoms with Crippen molar-refractivity contribution in [1.82, 2.24) is 0 Å². The molecule has 8 heteroatoms. The molecular weight excluding hydrogens is 236 g/mol. The molecule has 0 aliphatic rings. The summed E-state index contributed by atoms with van der Waals surface area (Å²) in [5, 5.41) is 0. The Bertz CT molecular complexity index is 206. The minimum absolute atomic E-state index is 1.68. The highest BCUT2D eigenvalue weighted by atomic mass is 19.4. The molecule has 0 aromatic rings. The molecule has 91 valence electrons. The van der Waals surface area contributed by atoms with Crippen LogP contribution in [0.3, 0.4) is 0 Å². The first-order chi connectivity index (χ1) is 6.44. The standard InChI is InChI=1S/C7H7F8/c1-2-5(9,10)7(14,15)4(8)3-6(11,12)13/h4H,1-3H2/t4-/m0/s1. The van der Waals surface area contributed by atoms with Crippen LogP contribution >= 0.6 is 0 Å². The average molecular weight is 243 g/mol. The van der Waals surface area contributed by atoms with E-state index < -0.39 is 37.0 Å². The lowest BCUT2D eigenvalue weighted by molar-refractivity contribution is -0.256. The van der Waals surface area contributed by atoms with Crippen LogP contribution in [-0.4, -0.2) is 24.2 Å². The van der Waals surface area contributed by atoms with E-state index in [9.17, 15) is 35.1 Å². The van der Waals surface area contributed by atoms with E-state index in [1.807, 2.05) is 0 Å². The second-order valence-corrected chi connectivity index (χ2v) is 2.86. The quantitative estimate of drug-likeness (QED) is 0.659. The van der Waals surface area contributed by atoms with Crippen molar-refractivity contribution in [1.29, 1.82) is 0 Å². The predicted octanol–water partition coefficient (Wildman–Crippen LogP) is 3.77. The van der Waals surface area contributed by atoms with Gasteiger partial charge < -0.3 is 0 Å². The Kier molecular flexibility index (Phi) is 3.98. The molecule has 0 aliphatic carbocycles. The van der Waals surface area contributed by atoms with Gasteiger partial charge in [0, 0.05) is 6.42 Å². The zero-order valence-corrected chi connectivity index (χ0v) is 7.22. The summed E-state index contributed by atoms with van der Waals surface area (Å²) in [7, 11) is 0. The van der Waals surface area contributed by atoms with Crippen LogP contribution < -0.4 is 0 Å². The third kappa shape index (κ3) is 3.49. The van der Waals surface area contributed by atoms with Crippen molar-refractivity contribution in [2.75, 3.05) is 0 Å². The van der Waals surface area contributed by atoms with Crippen molar-refractivity contribution >= 4 is 0 Å². The zero-order valence-electron chi connectivity index (χ0n) is 7.22. The number of alkyl halides is 8. The maximum absolute atomic E-state index is 12.5. The fourth-order valence-electron chi connectivity index (χ4n) is 0.727. The smallest absolute Gasteiger partial charge is 0.240 e. The molecule has 0 saturated heterocycles. The van der Waals surface area contributed by atoms with E-state index in [4.69, 9.17) is 0 Å². The first kappa shape index (κ1) is 14.4. The lowest BCUT2D eigenvalue weighted by Gasteiger charge is -2.28. The van der Waals surface area contributed by atoms with Gasteiger partial charge in [-0.1, -0.05) is 0 Å². The molecule has 1 radical (unpaired) electrons. The molecule has 0 spiro atoms. The van der Waals surface area contributed by atoms with Crippen LogP contribution in [0, 0.1) is 6.92 Å². The first-order valence-electron chi connectivity index (χ1n) is 3.70. The SMILES string of the molecule is [CH2]CC(F)(F)C(F)(F)[C@@H](F)CC(F)(F)F. The molecule has 0 aliphatic heterocycles. The molecule has 0 amide bonds. The molecule has 0 fully saturated rings. The lowest BCUT2D eigenvalue weighted by Crippen LogP contribution is -2.48. The van der Waals surface area contributed by atoms with Crippen LogP contribution in [0.15, 0.2) is 0 Å². The van der Waals surface area contributed by atoms with Gasteiger partial charge in [-0.3, -0.25) is 0 Å². The highest BCUT2D eigenvalue weighted by Gasteiger charge is 2.62. The summed E-state index contributed by atoms with van der Waals surface area (Å²) in [6.45, 7) is 2.42. The van der Waals surface area contributed by atoms with E-state index in [2.05, 4.69) is 6.92 Å². The maximum atomic E-state index is 12.5. The Morgan fingerprint density at radius 2 is 1.33 bits per heavy atom. The molecule has 15 heavy (non-hydrogen) atoms. The fourth-order valence-corrected chi connectivity index (χ4v) is 0.727. The van der Waals surface area contributed by atoms with Crippen molar-refractivity contribution in [3.8, 4) is 0 Å². The van der Waals surface area contributed by atoms with E-state index in [0.29, 0.717) is 0 Å². The van der Waals surface area contributed by atoms with Crippen LogP contribution in [0.5, 0.6) is 0 Å². The molecular formula is C7H7F8. The monoisotopic (exact) mass is 243 g/mol. The summed E-state index contributed by atoms with van der Waals surface area (Å²) < 4.78 is 96.5. The van der Waals surface area contributed by atoms with Gasteiger partial charge in [0.1, 0.15) is 0 Å². The van der Waals surface area contributed by atoms with Gasteiger partial charge in [0.25, 0.3) is 0 Å². The Balaban J connectivity index is 4.73. The van der Waals surface area contributed by atoms with Crippen LogP contribution in [0.1, 0.15) is 12.8 Å². The second kappa shape index (κ2) is 4.13. The van der Waals surface area contributed by atoms with E-state index >= 15 is 0 Å². The summed E-state index contributed by atoms with van der Waals surface area (Å²) in [6.07, 6.45) is -13.5. The third-order valence-corrected chi connectivity index (χ3v) is 1.61. The fraction of sp³-hybridized carbons (Fsp3) is 0.857. The number of hydrogen-bond donors (Lipinski definition) is 0. The molecule has 0 aromatic heterocycles. The third-order valence-electron chi connectivity index (χ3n) is 1.61. The molecule has 0 unspecified atom stereocenters.